The van der Waals surface area contributed by atoms with Gasteiger partial charge in [-0.25, -0.2) is 0 Å². The molecule has 1 saturated heterocycles. The molecule has 1 aliphatic rings. The van der Waals surface area contributed by atoms with E-state index < -0.39 is 16.6 Å². The highest BCUT2D eigenvalue weighted by atomic mass is 28.4. The molecule has 0 unspecified atom stereocenters. The molecule has 1 rings (SSSR count). The molecule has 0 N–H and O–H groups in total. The highest BCUT2D eigenvalue weighted by molar-refractivity contribution is 6.74. The maximum atomic E-state index is 11.8. The van der Waals surface area contributed by atoms with Crippen molar-refractivity contribution in [3.8, 4) is 0 Å². The first-order valence-corrected chi connectivity index (χ1v) is 14.4. The summed E-state index contributed by atoms with van der Waals surface area (Å²) < 4.78 is 18.2. The molecule has 4 nitrogen and oxygen atoms in total. The first kappa shape index (κ1) is 20.9. The van der Waals surface area contributed by atoms with Crippen molar-refractivity contribution >= 4 is 22.6 Å². The van der Waals surface area contributed by atoms with Crippen molar-refractivity contribution in [1.29, 1.82) is 0 Å². The molecule has 0 aromatic rings. The van der Waals surface area contributed by atoms with E-state index in [4.69, 9.17) is 13.6 Å². The fraction of sp³-hybridized carbons (Fsp3) is 0.941. The molecule has 0 amide bonds. The first-order chi connectivity index (χ1) is 10.1. The van der Waals surface area contributed by atoms with Gasteiger partial charge in [-0.1, -0.05) is 41.5 Å². The fourth-order valence-corrected chi connectivity index (χ4v) is 4.27. The lowest BCUT2D eigenvalue weighted by molar-refractivity contribution is -0.142. The summed E-state index contributed by atoms with van der Waals surface area (Å²) in [6.07, 6.45) is -0.100. The lowest BCUT2D eigenvalue weighted by atomic mass is 10.2. The Morgan fingerprint density at radius 2 is 1.48 bits per heavy atom. The average Bonchev–Trinajstić information content (AvgIpc) is 2.63. The third kappa shape index (κ3) is 5.15. The normalized spacial score (nSPS) is 24.0. The van der Waals surface area contributed by atoms with Crippen molar-refractivity contribution in [2.45, 2.75) is 96.4 Å². The van der Waals surface area contributed by atoms with E-state index in [0.29, 0.717) is 13.0 Å². The Bertz CT molecular complexity index is 433. The predicted molar refractivity (Wildman–Crippen MR) is 99.7 cm³/mol. The molecule has 0 aliphatic carbocycles. The van der Waals surface area contributed by atoms with Crippen LogP contribution in [-0.4, -0.2) is 41.4 Å². The van der Waals surface area contributed by atoms with Crippen LogP contribution in [0.5, 0.6) is 0 Å². The number of cyclic esters (lactones) is 1. The van der Waals surface area contributed by atoms with E-state index >= 15 is 0 Å². The molecule has 0 radical (unpaired) electrons. The molecule has 0 spiro atoms. The molecule has 0 bridgehead atoms. The number of esters is 1. The topological polar surface area (TPSA) is 44.8 Å². The summed E-state index contributed by atoms with van der Waals surface area (Å²) >= 11 is 0. The number of hydrogen-bond acceptors (Lipinski definition) is 4. The van der Waals surface area contributed by atoms with Gasteiger partial charge in [-0.15, -0.1) is 0 Å². The first-order valence-electron chi connectivity index (χ1n) is 8.58. The highest BCUT2D eigenvalue weighted by Crippen LogP contribution is 2.40. The van der Waals surface area contributed by atoms with E-state index in [1.54, 1.807) is 0 Å². The molecule has 136 valence electrons. The van der Waals surface area contributed by atoms with E-state index in [1.165, 1.54) is 0 Å². The summed E-state index contributed by atoms with van der Waals surface area (Å²) in [4.78, 5) is 11.8. The molecule has 0 aromatic heterocycles. The molecule has 1 aliphatic heterocycles. The predicted octanol–water partition coefficient (Wildman–Crippen LogP) is 4.71. The van der Waals surface area contributed by atoms with Gasteiger partial charge in [0.15, 0.2) is 16.6 Å². The molecule has 1 fully saturated rings. The SMILES string of the molecule is CC(C)(C)[Si](C)(C)OC[C@H]1OC(=O)C[C@@H]1O[Si](C)(C)C(C)(C)C. The Balaban J connectivity index is 2.76. The van der Waals surface area contributed by atoms with Crippen LogP contribution < -0.4 is 0 Å². The van der Waals surface area contributed by atoms with Crippen molar-refractivity contribution < 1.29 is 18.4 Å². The fourth-order valence-electron chi connectivity index (χ4n) is 1.91. The van der Waals surface area contributed by atoms with Gasteiger partial charge < -0.3 is 13.6 Å². The minimum Gasteiger partial charge on any atom is -0.457 e. The zero-order chi connectivity index (χ0) is 18.3. The minimum absolute atomic E-state index is 0.115. The van der Waals surface area contributed by atoms with Gasteiger partial charge in [0.25, 0.3) is 0 Å². The number of ether oxygens (including phenoxy) is 1. The quantitative estimate of drug-likeness (QED) is 0.526. The standard InChI is InChI=1S/C17H36O4Si2/c1-16(2,3)22(7,8)19-12-14-13(11-15(18)20-14)21-23(9,10)17(4,5)6/h13-14H,11-12H2,1-10H3/t13-,14+/m0/s1. The largest absolute Gasteiger partial charge is 0.457 e. The summed E-state index contributed by atoms with van der Waals surface area (Å²) in [6.45, 7) is 22.6. The zero-order valence-electron chi connectivity index (χ0n) is 16.7. The van der Waals surface area contributed by atoms with Crippen LogP contribution in [0.2, 0.25) is 36.3 Å². The summed E-state index contributed by atoms with van der Waals surface area (Å²) in [5.41, 5.74) is 0. The van der Waals surface area contributed by atoms with Gasteiger partial charge in [-0.3, -0.25) is 4.79 Å². The van der Waals surface area contributed by atoms with Gasteiger partial charge in [-0.05, 0) is 36.3 Å². The third-order valence-corrected chi connectivity index (χ3v) is 14.7. The smallest absolute Gasteiger partial charge is 0.308 e. The maximum absolute atomic E-state index is 11.8. The number of carbonyl (C=O) groups excluding carboxylic acids is 1. The van der Waals surface area contributed by atoms with Crippen molar-refractivity contribution in [3.05, 3.63) is 0 Å². The van der Waals surface area contributed by atoms with Gasteiger partial charge >= 0.3 is 5.97 Å². The van der Waals surface area contributed by atoms with E-state index in [2.05, 4.69) is 67.7 Å². The van der Waals surface area contributed by atoms with Gasteiger partial charge in [-0.2, -0.15) is 0 Å². The summed E-state index contributed by atoms with van der Waals surface area (Å²) in [7, 11) is -3.78. The highest BCUT2D eigenvalue weighted by Gasteiger charge is 2.46. The monoisotopic (exact) mass is 360 g/mol. The Morgan fingerprint density at radius 1 is 1.00 bits per heavy atom. The third-order valence-electron chi connectivity index (χ3n) is 5.73. The second-order valence-electron chi connectivity index (χ2n) is 9.72. The average molecular weight is 361 g/mol. The second-order valence-corrected chi connectivity index (χ2v) is 19.3. The molecule has 0 saturated carbocycles. The van der Waals surface area contributed by atoms with Gasteiger partial charge in [0.1, 0.15) is 6.10 Å². The molecule has 2 atom stereocenters. The summed E-state index contributed by atoms with van der Waals surface area (Å²) in [5, 5.41) is 0.259. The molecule has 23 heavy (non-hydrogen) atoms. The summed E-state index contributed by atoms with van der Waals surface area (Å²) in [6, 6.07) is 0. The zero-order valence-corrected chi connectivity index (χ0v) is 18.7. The van der Waals surface area contributed by atoms with Crippen molar-refractivity contribution in [1.82, 2.24) is 0 Å². The van der Waals surface area contributed by atoms with Crippen LogP contribution >= 0.6 is 0 Å². The molecule has 0 aromatic carbocycles. The van der Waals surface area contributed by atoms with Crippen LogP contribution in [0.4, 0.5) is 0 Å². The van der Waals surface area contributed by atoms with E-state index in [1.807, 2.05) is 0 Å². The lowest BCUT2D eigenvalue weighted by Crippen LogP contribution is -2.48. The number of rotatable bonds is 5. The lowest BCUT2D eigenvalue weighted by Gasteiger charge is -2.40. The van der Waals surface area contributed by atoms with Crippen LogP contribution in [0.3, 0.4) is 0 Å². The van der Waals surface area contributed by atoms with Crippen LogP contribution in [0.15, 0.2) is 0 Å². The molecule has 6 heteroatoms. The Hall–Kier alpha value is -0.176. The van der Waals surface area contributed by atoms with E-state index in [0.717, 1.165) is 0 Å². The Kier molecular flexibility index (Phi) is 6.00. The Morgan fingerprint density at radius 3 is 1.91 bits per heavy atom. The second kappa shape index (κ2) is 6.61. The number of hydrogen-bond donors (Lipinski definition) is 0. The molecular weight excluding hydrogens is 324 g/mol. The van der Waals surface area contributed by atoms with Crippen LogP contribution in [0.25, 0.3) is 0 Å². The van der Waals surface area contributed by atoms with E-state index in [-0.39, 0.29) is 28.3 Å². The molecular formula is C17H36O4Si2. The van der Waals surface area contributed by atoms with Crippen LogP contribution in [-0.2, 0) is 18.4 Å². The van der Waals surface area contributed by atoms with E-state index in [9.17, 15) is 4.79 Å². The minimum atomic E-state index is -1.93. The van der Waals surface area contributed by atoms with Crippen molar-refractivity contribution in [2.24, 2.45) is 0 Å². The van der Waals surface area contributed by atoms with Gasteiger partial charge in [0, 0.05) is 0 Å². The summed E-state index contributed by atoms with van der Waals surface area (Å²) in [5.74, 6) is -0.169. The van der Waals surface area contributed by atoms with Crippen molar-refractivity contribution in [2.75, 3.05) is 6.61 Å². The molecule has 1 heterocycles. The maximum Gasteiger partial charge on any atom is 0.308 e. The van der Waals surface area contributed by atoms with Crippen LogP contribution in [0.1, 0.15) is 48.0 Å². The Labute approximate surface area is 144 Å². The van der Waals surface area contributed by atoms with Crippen molar-refractivity contribution in [3.63, 3.8) is 0 Å². The van der Waals surface area contributed by atoms with Gasteiger partial charge in [0.2, 0.25) is 0 Å². The van der Waals surface area contributed by atoms with Crippen LogP contribution in [0, 0.1) is 0 Å². The van der Waals surface area contributed by atoms with Gasteiger partial charge in [0.05, 0.1) is 19.1 Å². The number of carbonyl (C=O) groups is 1.